The molecule has 3 nitrogen and oxygen atoms in total. The molecule has 0 unspecified atom stereocenters. The van der Waals surface area contributed by atoms with Crippen molar-refractivity contribution in [3.05, 3.63) is 63.1 Å². The molecule has 0 radical (unpaired) electrons. The van der Waals surface area contributed by atoms with Crippen LogP contribution in [-0.4, -0.2) is 17.6 Å². The van der Waals surface area contributed by atoms with E-state index in [1.165, 1.54) is 12.1 Å². The van der Waals surface area contributed by atoms with Crippen molar-refractivity contribution in [1.29, 1.82) is 0 Å². The summed E-state index contributed by atoms with van der Waals surface area (Å²) in [5.74, 6) is -3.27. The Morgan fingerprint density at radius 2 is 1.89 bits per heavy atom. The first-order chi connectivity index (χ1) is 12.8. The monoisotopic (exact) mass is 413 g/mol. The van der Waals surface area contributed by atoms with Crippen LogP contribution >= 0.6 is 23.2 Å². The van der Waals surface area contributed by atoms with Crippen molar-refractivity contribution >= 4 is 34.8 Å². The zero-order valence-electron chi connectivity index (χ0n) is 14.4. The lowest BCUT2D eigenvalue weighted by atomic mass is 10.0. The van der Waals surface area contributed by atoms with Crippen LogP contribution in [0.4, 0.5) is 14.5 Å². The quantitative estimate of drug-likeness (QED) is 0.585. The van der Waals surface area contributed by atoms with Gasteiger partial charge in [0.15, 0.2) is 0 Å². The van der Waals surface area contributed by atoms with E-state index in [0.717, 1.165) is 24.5 Å². The number of carbonyl (C=O) groups excluding carboxylic acids is 1. The predicted molar refractivity (Wildman–Crippen MR) is 103 cm³/mol. The predicted octanol–water partition coefficient (Wildman–Crippen LogP) is 5.99. The van der Waals surface area contributed by atoms with E-state index < -0.39 is 23.8 Å². The van der Waals surface area contributed by atoms with Crippen LogP contribution in [0.25, 0.3) is 0 Å². The Labute approximate surface area is 166 Å². The van der Waals surface area contributed by atoms with Gasteiger partial charge in [-0.2, -0.15) is 0 Å². The summed E-state index contributed by atoms with van der Waals surface area (Å²) < 4.78 is 28.6. The lowest BCUT2D eigenvalue weighted by molar-refractivity contribution is -0.0187. The van der Waals surface area contributed by atoms with Crippen LogP contribution in [0, 0.1) is 0 Å². The maximum Gasteiger partial charge on any atom is 0.274 e. The minimum atomic E-state index is -3.23. The molecule has 7 heteroatoms. The fourth-order valence-corrected chi connectivity index (χ4v) is 3.51. The van der Waals surface area contributed by atoms with Crippen LogP contribution in [0.2, 0.25) is 10.0 Å². The number of benzene rings is 2. The van der Waals surface area contributed by atoms with Gasteiger partial charge in [0.05, 0.1) is 0 Å². The third-order valence-corrected chi connectivity index (χ3v) is 5.20. The molecule has 0 saturated heterocycles. The molecule has 1 aliphatic rings. The van der Waals surface area contributed by atoms with Crippen molar-refractivity contribution in [1.82, 2.24) is 0 Å². The first kappa shape index (κ1) is 20.1. The Bertz CT molecular complexity index is 854. The van der Waals surface area contributed by atoms with Crippen molar-refractivity contribution in [3.8, 4) is 0 Å². The average Bonchev–Trinajstić information content (AvgIpc) is 3.45. The number of hydrogen-bond acceptors (Lipinski definition) is 2. The molecule has 2 aromatic carbocycles. The minimum Gasteiger partial charge on any atom is -0.396 e. The topological polar surface area (TPSA) is 49.3 Å². The van der Waals surface area contributed by atoms with Crippen molar-refractivity contribution in [2.24, 2.45) is 0 Å². The number of halogens is 4. The van der Waals surface area contributed by atoms with Crippen LogP contribution in [0.15, 0.2) is 36.4 Å². The first-order valence-electron chi connectivity index (χ1n) is 8.71. The second kappa shape index (κ2) is 8.13. The summed E-state index contributed by atoms with van der Waals surface area (Å²) in [5.41, 5.74) is 1.21. The number of nitrogens with one attached hydrogen (secondary N) is 1. The minimum absolute atomic E-state index is 0.0639. The molecule has 27 heavy (non-hydrogen) atoms. The maximum absolute atomic E-state index is 14.3. The van der Waals surface area contributed by atoms with E-state index in [1.807, 2.05) is 6.07 Å². The zero-order chi connectivity index (χ0) is 19.6. The molecule has 0 heterocycles. The van der Waals surface area contributed by atoms with Gasteiger partial charge >= 0.3 is 0 Å². The first-order valence-corrected chi connectivity index (χ1v) is 9.47. The van der Waals surface area contributed by atoms with Gasteiger partial charge in [0.25, 0.3) is 11.8 Å². The number of alkyl halides is 2. The SMILES string of the molecule is O=C(Nc1ccc(C2CC2)c(Cl)c1)c1ccc(Cl)c(C(F)(F)CCCO)c1. The highest BCUT2D eigenvalue weighted by molar-refractivity contribution is 6.32. The van der Waals surface area contributed by atoms with Crippen molar-refractivity contribution < 1.29 is 18.7 Å². The number of rotatable bonds is 7. The van der Waals surface area contributed by atoms with Crippen molar-refractivity contribution in [3.63, 3.8) is 0 Å². The Morgan fingerprint density at radius 1 is 1.15 bits per heavy atom. The zero-order valence-corrected chi connectivity index (χ0v) is 16.0. The number of aliphatic hydroxyl groups excluding tert-OH is 1. The summed E-state index contributed by atoms with van der Waals surface area (Å²) in [6.45, 7) is -0.342. The highest BCUT2D eigenvalue weighted by Gasteiger charge is 2.33. The Morgan fingerprint density at radius 3 is 2.52 bits per heavy atom. The third-order valence-electron chi connectivity index (χ3n) is 4.55. The van der Waals surface area contributed by atoms with E-state index in [1.54, 1.807) is 12.1 Å². The Hall–Kier alpha value is -1.69. The number of anilines is 1. The third kappa shape index (κ3) is 4.78. The Kier molecular flexibility index (Phi) is 6.04. The second-order valence-electron chi connectivity index (χ2n) is 6.69. The van der Waals surface area contributed by atoms with Gasteiger partial charge in [-0.05, 0) is 61.1 Å². The van der Waals surface area contributed by atoms with Gasteiger partial charge < -0.3 is 10.4 Å². The molecule has 144 valence electrons. The standard InChI is InChI=1S/C20H19Cl2F2NO2/c21-17-7-4-13(10-16(17)20(23,24)8-1-9-26)19(27)25-14-5-6-15(12-2-3-12)18(22)11-14/h4-7,10-12,26H,1-3,8-9H2,(H,25,27). The molecule has 0 aromatic heterocycles. The summed E-state index contributed by atoms with van der Waals surface area (Å²) >= 11 is 12.2. The van der Waals surface area contributed by atoms with Gasteiger partial charge in [0.2, 0.25) is 0 Å². The van der Waals surface area contributed by atoms with Crippen molar-refractivity contribution in [2.75, 3.05) is 11.9 Å². The fourth-order valence-electron chi connectivity index (χ4n) is 2.92. The molecule has 0 bridgehead atoms. The highest BCUT2D eigenvalue weighted by atomic mass is 35.5. The summed E-state index contributed by atoms with van der Waals surface area (Å²) in [4.78, 5) is 12.5. The number of aliphatic hydroxyl groups is 1. The van der Waals surface area contributed by atoms with E-state index >= 15 is 0 Å². The number of amides is 1. The van der Waals surface area contributed by atoms with Gasteiger partial charge in [-0.15, -0.1) is 0 Å². The van der Waals surface area contributed by atoms with E-state index in [2.05, 4.69) is 5.32 Å². The summed E-state index contributed by atoms with van der Waals surface area (Å²) in [7, 11) is 0. The van der Waals surface area contributed by atoms with Gasteiger partial charge in [-0.3, -0.25) is 4.79 Å². The number of hydrogen-bond donors (Lipinski definition) is 2. The van der Waals surface area contributed by atoms with Gasteiger partial charge in [-0.1, -0.05) is 29.3 Å². The molecule has 2 aromatic rings. The molecule has 0 atom stereocenters. The van der Waals surface area contributed by atoms with Gasteiger partial charge in [-0.25, -0.2) is 8.78 Å². The smallest absolute Gasteiger partial charge is 0.274 e. The summed E-state index contributed by atoms with van der Waals surface area (Å²) in [6, 6.07) is 9.07. The maximum atomic E-state index is 14.3. The summed E-state index contributed by atoms with van der Waals surface area (Å²) in [5, 5.41) is 11.9. The van der Waals surface area contributed by atoms with Crippen LogP contribution in [0.5, 0.6) is 0 Å². The Balaban J connectivity index is 1.78. The molecular weight excluding hydrogens is 395 g/mol. The van der Waals surface area contributed by atoms with Gasteiger partial charge in [0, 0.05) is 39.9 Å². The molecule has 0 aliphatic heterocycles. The molecule has 3 rings (SSSR count). The average molecular weight is 414 g/mol. The molecule has 1 amide bonds. The lowest BCUT2D eigenvalue weighted by Gasteiger charge is -2.18. The second-order valence-corrected chi connectivity index (χ2v) is 7.51. The van der Waals surface area contributed by atoms with Crippen LogP contribution in [0.1, 0.15) is 53.1 Å². The molecular formula is C20H19Cl2F2NO2. The van der Waals surface area contributed by atoms with E-state index in [4.69, 9.17) is 28.3 Å². The molecule has 0 spiro atoms. The van der Waals surface area contributed by atoms with Crippen LogP contribution in [-0.2, 0) is 5.92 Å². The number of carbonyl (C=O) groups is 1. The molecule has 2 N–H and O–H groups in total. The largest absolute Gasteiger partial charge is 0.396 e. The van der Waals surface area contributed by atoms with Crippen molar-refractivity contribution in [2.45, 2.75) is 37.5 Å². The van der Waals surface area contributed by atoms with E-state index in [0.29, 0.717) is 16.6 Å². The lowest BCUT2D eigenvalue weighted by Crippen LogP contribution is -2.17. The van der Waals surface area contributed by atoms with E-state index in [9.17, 15) is 13.6 Å². The van der Waals surface area contributed by atoms with Gasteiger partial charge in [0.1, 0.15) is 0 Å². The molecule has 1 saturated carbocycles. The van der Waals surface area contributed by atoms with Crippen LogP contribution < -0.4 is 5.32 Å². The fraction of sp³-hybridized carbons (Fsp3) is 0.350. The highest BCUT2D eigenvalue weighted by Crippen LogP contribution is 2.44. The van der Waals surface area contributed by atoms with Crippen LogP contribution in [0.3, 0.4) is 0 Å². The normalized spacial score (nSPS) is 14.3. The summed E-state index contributed by atoms with van der Waals surface area (Å²) in [6.07, 6.45) is 1.62. The molecule has 1 fully saturated rings. The van der Waals surface area contributed by atoms with E-state index in [-0.39, 0.29) is 23.6 Å². The molecule has 1 aliphatic carbocycles.